The van der Waals surface area contributed by atoms with E-state index in [1.165, 1.54) is 17.4 Å². The van der Waals surface area contributed by atoms with Crippen molar-refractivity contribution in [3.8, 4) is 10.6 Å². The first kappa shape index (κ1) is 24.7. The molecule has 2 unspecified atom stereocenters. The topological polar surface area (TPSA) is 54.0 Å². The Bertz CT molecular complexity index is 785. The molecule has 4 nitrogen and oxygen atoms in total. The Kier molecular flexibility index (Phi) is 9.20. The van der Waals surface area contributed by atoms with Crippen LogP contribution in [0.3, 0.4) is 0 Å². The van der Waals surface area contributed by atoms with E-state index in [1.54, 1.807) is 11.4 Å². The van der Waals surface area contributed by atoms with Gasteiger partial charge in [-0.05, 0) is 38.4 Å². The number of nitrogens with zero attached hydrogens (tertiary/aromatic N) is 1. The average molecular weight is 456 g/mol. The predicted molar refractivity (Wildman–Crippen MR) is 109 cm³/mol. The number of rotatable bonds is 4. The highest BCUT2D eigenvalue weighted by atomic mass is 35.5. The summed E-state index contributed by atoms with van der Waals surface area (Å²) >= 11 is 1.24. The fraction of sp³-hybridized carbons (Fsp3) is 0.444. The van der Waals surface area contributed by atoms with E-state index in [4.69, 9.17) is 0 Å². The Morgan fingerprint density at radius 1 is 1.36 bits per heavy atom. The van der Waals surface area contributed by atoms with Crippen molar-refractivity contribution >= 4 is 42.1 Å². The van der Waals surface area contributed by atoms with Crippen molar-refractivity contribution < 1.29 is 18.0 Å². The molecule has 10 heteroatoms. The van der Waals surface area contributed by atoms with Crippen LogP contribution in [0, 0.1) is 0 Å². The minimum Gasteiger partial charge on any atom is -0.351 e. The van der Waals surface area contributed by atoms with Crippen molar-refractivity contribution in [1.29, 1.82) is 0 Å². The molecule has 1 fully saturated rings. The summed E-state index contributed by atoms with van der Waals surface area (Å²) in [5, 5.41) is 8.53. The van der Waals surface area contributed by atoms with Gasteiger partial charge in [-0.25, -0.2) is 4.98 Å². The maximum atomic E-state index is 12.8. The predicted octanol–water partition coefficient (Wildman–Crippen LogP) is 4.47. The molecule has 0 bridgehead atoms. The average Bonchev–Trinajstić information content (AvgIpc) is 3.05. The second-order valence-electron chi connectivity index (χ2n) is 6.46. The third-order valence-corrected chi connectivity index (χ3v) is 5.38. The third-order valence-electron chi connectivity index (χ3n) is 4.44. The maximum absolute atomic E-state index is 12.8. The molecular formula is C18H22Cl2F3N3OS. The van der Waals surface area contributed by atoms with Gasteiger partial charge in [0.15, 0.2) is 0 Å². The number of carbonyl (C=O) groups is 1. The van der Waals surface area contributed by atoms with Crippen LogP contribution in [0.1, 0.15) is 31.0 Å². The number of nitrogens with one attached hydrogen (secondary N) is 2. The summed E-state index contributed by atoms with van der Waals surface area (Å²) in [5.41, 5.74) is 0.265. The van der Waals surface area contributed by atoms with Crippen LogP contribution in [0.2, 0.25) is 0 Å². The normalized spacial score (nSPS) is 19.3. The maximum Gasteiger partial charge on any atom is 0.416 e. The van der Waals surface area contributed by atoms with Crippen LogP contribution < -0.4 is 10.6 Å². The highest BCUT2D eigenvalue weighted by Gasteiger charge is 2.30. The summed E-state index contributed by atoms with van der Waals surface area (Å²) < 4.78 is 38.5. The summed E-state index contributed by atoms with van der Waals surface area (Å²) in [4.78, 5) is 16.6. The van der Waals surface area contributed by atoms with Crippen LogP contribution >= 0.6 is 36.2 Å². The molecule has 3 rings (SSSR count). The summed E-state index contributed by atoms with van der Waals surface area (Å²) in [6.45, 7) is 3.00. The number of alkyl halides is 3. The molecule has 0 spiro atoms. The first-order chi connectivity index (χ1) is 12.3. The lowest BCUT2D eigenvalue weighted by Crippen LogP contribution is -2.52. The van der Waals surface area contributed by atoms with Gasteiger partial charge in [0.05, 0.1) is 17.7 Å². The van der Waals surface area contributed by atoms with E-state index >= 15 is 0 Å². The quantitative estimate of drug-likeness (QED) is 0.714. The van der Waals surface area contributed by atoms with E-state index in [9.17, 15) is 18.0 Å². The van der Waals surface area contributed by atoms with Crippen LogP contribution in [-0.2, 0) is 17.4 Å². The van der Waals surface area contributed by atoms with Crippen molar-refractivity contribution in [1.82, 2.24) is 15.6 Å². The number of hydrogen-bond acceptors (Lipinski definition) is 4. The van der Waals surface area contributed by atoms with E-state index in [2.05, 4.69) is 15.6 Å². The van der Waals surface area contributed by atoms with E-state index in [0.29, 0.717) is 16.3 Å². The lowest BCUT2D eigenvalue weighted by molar-refractivity contribution is -0.137. The molecule has 2 atom stereocenters. The molecule has 0 radical (unpaired) electrons. The molecule has 156 valence electrons. The first-order valence-electron chi connectivity index (χ1n) is 8.48. The van der Waals surface area contributed by atoms with Crippen molar-refractivity contribution in [2.75, 3.05) is 6.54 Å². The lowest BCUT2D eigenvalue weighted by Gasteiger charge is -2.30. The van der Waals surface area contributed by atoms with Crippen molar-refractivity contribution in [3.63, 3.8) is 0 Å². The van der Waals surface area contributed by atoms with Gasteiger partial charge in [-0.15, -0.1) is 36.2 Å². The highest BCUT2D eigenvalue weighted by Crippen LogP contribution is 2.33. The van der Waals surface area contributed by atoms with Gasteiger partial charge in [0, 0.05) is 23.0 Å². The smallest absolute Gasteiger partial charge is 0.351 e. The fourth-order valence-electron chi connectivity index (χ4n) is 3.01. The highest BCUT2D eigenvalue weighted by molar-refractivity contribution is 7.13. The standard InChI is InChI=1S/C18H20F3N3OS.2ClH/c1-11-15(6-3-7-22-11)24-16(25)9-14-10-26-17(23-14)12-4-2-5-13(8-12)18(19,20)21;;/h2,4-5,8,10-11,15,22H,3,6-7,9H2,1H3,(H,24,25);2*1H. The molecule has 2 N–H and O–H groups in total. The number of halogens is 5. The molecule has 0 saturated carbocycles. The third kappa shape index (κ3) is 6.34. The Labute approximate surface area is 178 Å². The van der Waals surface area contributed by atoms with Crippen molar-refractivity contribution in [2.24, 2.45) is 0 Å². The van der Waals surface area contributed by atoms with Gasteiger partial charge in [-0.3, -0.25) is 4.79 Å². The van der Waals surface area contributed by atoms with Gasteiger partial charge in [0.1, 0.15) is 5.01 Å². The monoisotopic (exact) mass is 455 g/mol. The molecule has 1 aliphatic heterocycles. The second-order valence-corrected chi connectivity index (χ2v) is 7.32. The van der Waals surface area contributed by atoms with E-state index in [0.717, 1.165) is 31.5 Å². The van der Waals surface area contributed by atoms with Gasteiger partial charge in [-0.2, -0.15) is 13.2 Å². The van der Waals surface area contributed by atoms with Crippen LogP contribution in [0.5, 0.6) is 0 Å². The Balaban J connectivity index is 0.00000196. The molecule has 1 aromatic heterocycles. The molecule has 2 heterocycles. The molecule has 1 aromatic carbocycles. The van der Waals surface area contributed by atoms with Gasteiger partial charge in [0.25, 0.3) is 0 Å². The SMILES string of the molecule is CC1NCCCC1NC(=O)Cc1csc(-c2cccc(C(F)(F)F)c2)n1.Cl.Cl. The summed E-state index contributed by atoms with van der Waals surface area (Å²) in [7, 11) is 0. The summed E-state index contributed by atoms with van der Waals surface area (Å²) in [6, 6.07) is 5.39. The Morgan fingerprint density at radius 2 is 2.11 bits per heavy atom. The molecule has 2 aromatic rings. The second kappa shape index (κ2) is 10.4. The number of aromatic nitrogens is 1. The Morgan fingerprint density at radius 3 is 2.79 bits per heavy atom. The molecular weight excluding hydrogens is 434 g/mol. The largest absolute Gasteiger partial charge is 0.416 e. The first-order valence-corrected chi connectivity index (χ1v) is 9.35. The lowest BCUT2D eigenvalue weighted by atomic mass is 10.00. The van der Waals surface area contributed by atoms with Crippen molar-refractivity contribution in [2.45, 2.75) is 44.4 Å². The number of carbonyl (C=O) groups excluding carboxylic acids is 1. The zero-order chi connectivity index (χ0) is 18.7. The fourth-order valence-corrected chi connectivity index (χ4v) is 3.83. The van der Waals surface area contributed by atoms with Crippen LogP contribution in [0.4, 0.5) is 13.2 Å². The number of thiazole rings is 1. The van der Waals surface area contributed by atoms with Gasteiger partial charge < -0.3 is 10.6 Å². The summed E-state index contributed by atoms with van der Waals surface area (Å²) in [5.74, 6) is -0.119. The number of hydrogen-bond donors (Lipinski definition) is 2. The minimum absolute atomic E-state index is 0. The van der Waals surface area contributed by atoms with Crippen LogP contribution in [0.15, 0.2) is 29.6 Å². The van der Waals surface area contributed by atoms with Crippen molar-refractivity contribution in [3.05, 3.63) is 40.9 Å². The van der Waals surface area contributed by atoms with Crippen LogP contribution in [-0.4, -0.2) is 29.5 Å². The van der Waals surface area contributed by atoms with E-state index in [1.807, 2.05) is 6.92 Å². The zero-order valence-electron chi connectivity index (χ0n) is 15.1. The number of benzene rings is 1. The molecule has 28 heavy (non-hydrogen) atoms. The molecule has 1 aliphatic rings. The summed E-state index contributed by atoms with van der Waals surface area (Å²) in [6.07, 6.45) is -2.31. The molecule has 1 amide bonds. The number of amides is 1. The van der Waals surface area contributed by atoms with Gasteiger partial charge in [0.2, 0.25) is 5.91 Å². The van der Waals surface area contributed by atoms with Gasteiger partial charge >= 0.3 is 6.18 Å². The molecule has 0 aliphatic carbocycles. The van der Waals surface area contributed by atoms with E-state index < -0.39 is 11.7 Å². The minimum atomic E-state index is -4.39. The Hall–Kier alpha value is -1.35. The molecule has 1 saturated heterocycles. The van der Waals surface area contributed by atoms with Crippen LogP contribution in [0.25, 0.3) is 10.6 Å². The number of piperidine rings is 1. The van der Waals surface area contributed by atoms with E-state index in [-0.39, 0.29) is 49.2 Å². The zero-order valence-corrected chi connectivity index (χ0v) is 17.5. The van der Waals surface area contributed by atoms with Gasteiger partial charge in [-0.1, -0.05) is 12.1 Å².